The summed E-state index contributed by atoms with van der Waals surface area (Å²) in [7, 11) is 1.54. The maximum Gasteiger partial charge on any atom is 0.332 e. The molecule has 146 valence electrons. The van der Waals surface area contributed by atoms with Gasteiger partial charge in [-0.25, -0.2) is 9.78 Å². The van der Waals surface area contributed by atoms with E-state index in [0.29, 0.717) is 30.0 Å². The number of aromatic nitrogens is 3. The maximum atomic E-state index is 13.3. The summed E-state index contributed by atoms with van der Waals surface area (Å²) >= 11 is 3.43. The van der Waals surface area contributed by atoms with Crippen molar-refractivity contribution in [2.75, 3.05) is 20.3 Å². The molecule has 0 spiro atoms. The highest BCUT2D eigenvalue weighted by Gasteiger charge is 2.22. The molecule has 1 fully saturated rings. The summed E-state index contributed by atoms with van der Waals surface area (Å²) in [5.74, 6) is 0.484. The lowest BCUT2D eigenvalue weighted by atomic mass is 10.1. The second-order valence-corrected chi connectivity index (χ2v) is 7.67. The van der Waals surface area contributed by atoms with Crippen molar-refractivity contribution in [3.05, 3.63) is 67.4 Å². The standard InChI is InChI=1S/C20H20BrN3O4/c1-27-18-5-2-13(11-22-18)12-23-19(25)16-10-14(21)3-4-17(16)24(20(23)26)15-6-8-28-9-7-15/h2-5,10-11,15H,6-9,12H2,1H3. The normalized spacial score (nSPS) is 15.1. The number of hydrogen-bond acceptors (Lipinski definition) is 5. The number of rotatable bonds is 4. The Hall–Kier alpha value is -2.45. The van der Waals surface area contributed by atoms with Crippen LogP contribution in [0.25, 0.3) is 10.9 Å². The predicted molar refractivity (Wildman–Crippen MR) is 109 cm³/mol. The summed E-state index contributed by atoms with van der Waals surface area (Å²) in [6.45, 7) is 1.37. The minimum absolute atomic E-state index is 0.00534. The summed E-state index contributed by atoms with van der Waals surface area (Å²) < 4.78 is 14.4. The third-order valence-corrected chi connectivity index (χ3v) is 5.53. The Bertz CT molecular complexity index is 1120. The van der Waals surface area contributed by atoms with Crippen molar-refractivity contribution in [2.24, 2.45) is 0 Å². The molecule has 28 heavy (non-hydrogen) atoms. The number of nitrogens with zero attached hydrogens (tertiary/aromatic N) is 3. The fraction of sp³-hybridized carbons (Fsp3) is 0.350. The quantitative estimate of drug-likeness (QED) is 0.616. The molecule has 1 aliphatic rings. The molecular weight excluding hydrogens is 426 g/mol. The van der Waals surface area contributed by atoms with Crippen LogP contribution >= 0.6 is 15.9 Å². The van der Waals surface area contributed by atoms with Gasteiger partial charge in [-0.1, -0.05) is 22.0 Å². The van der Waals surface area contributed by atoms with Gasteiger partial charge in [-0.05, 0) is 36.6 Å². The molecule has 1 aromatic carbocycles. The van der Waals surface area contributed by atoms with Crippen LogP contribution in [0.3, 0.4) is 0 Å². The zero-order valence-corrected chi connectivity index (χ0v) is 17.0. The number of benzene rings is 1. The average molecular weight is 446 g/mol. The molecule has 0 N–H and O–H groups in total. The van der Waals surface area contributed by atoms with Gasteiger partial charge in [0.25, 0.3) is 5.56 Å². The fourth-order valence-corrected chi connectivity index (χ4v) is 3.96. The van der Waals surface area contributed by atoms with Crippen LogP contribution in [0.5, 0.6) is 5.88 Å². The Balaban J connectivity index is 1.89. The van der Waals surface area contributed by atoms with Gasteiger partial charge in [-0.3, -0.25) is 13.9 Å². The molecule has 0 radical (unpaired) electrons. The first-order valence-corrected chi connectivity index (χ1v) is 9.89. The van der Waals surface area contributed by atoms with Crippen LogP contribution in [-0.2, 0) is 11.3 Å². The van der Waals surface area contributed by atoms with E-state index >= 15 is 0 Å². The second kappa shape index (κ2) is 7.89. The third kappa shape index (κ3) is 3.49. The molecule has 0 amide bonds. The maximum absolute atomic E-state index is 13.3. The molecule has 0 unspecified atom stereocenters. The van der Waals surface area contributed by atoms with E-state index < -0.39 is 0 Å². The third-order valence-electron chi connectivity index (χ3n) is 5.03. The second-order valence-electron chi connectivity index (χ2n) is 6.76. The fourth-order valence-electron chi connectivity index (χ4n) is 3.60. The Morgan fingerprint density at radius 3 is 2.68 bits per heavy atom. The van der Waals surface area contributed by atoms with E-state index in [1.165, 1.54) is 4.57 Å². The molecule has 2 aromatic heterocycles. The van der Waals surface area contributed by atoms with Gasteiger partial charge in [0.1, 0.15) is 0 Å². The minimum Gasteiger partial charge on any atom is -0.481 e. The SMILES string of the molecule is COc1ccc(Cn2c(=O)c3cc(Br)ccc3n(C3CCOCC3)c2=O)cn1. The van der Waals surface area contributed by atoms with Gasteiger partial charge >= 0.3 is 5.69 Å². The van der Waals surface area contributed by atoms with Crippen LogP contribution in [0.4, 0.5) is 0 Å². The van der Waals surface area contributed by atoms with Crippen LogP contribution < -0.4 is 16.0 Å². The molecule has 1 saturated heterocycles. The predicted octanol–water partition coefficient (Wildman–Crippen LogP) is 2.73. The van der Waals surface area contributed by atoms with Gasteiger partial charge in [-0.15, -0.1) is 0 Å². The molecule has 0 aliphatic carbocycles. The molecule has 8 heteroatoms. The minimum atomic E-state index is -0.305. The number of halogens is 1. The monoisotopic (exact) mass is 445 g/mol. The topological polar surface area (TPSA) is 75.3 Å². The number of fused-ring (bicyclic) bond motifs is 1. The van der Waals surface area contributed by atoms with Gasteiger partial charge < -0.3 is 9.47 Å². The summed E-state index contributed by atoms with van der Waals surface area (Å²) in [4.78, 5) is 30.6. The number of methoxy groups -OCH3 is 1. The first kappa shape index (κ1) is 18.9. The van der Waals surface area contributed by atoms with Crippen LogP contribution in [-0.4, -0.2) is 34.4 Å². The molecule has 7 nitrogen and oxygen atoms in total. The van der Waals surface area contributed by atoms with Crippen molar-refractivity contribution < 1.29 is 9.47 Å². The van der Waals surface area contributed by atoms with Crippen LogP contribution in [0.2, 0.25) is 0 Å². The molecule has 0 atom stereocenters. The molecule has 0 bridgehead atoms. The summed E-state index contributed by atoms with van der Waals surface area (Å²) in [6, 6.07) is 8.99. The number of ether oxygens (including phenoxy) is 2. The van der Waals surface area contributed by atoms with Crippen molar-refractivity contribution in [1.82, 2.24) is 14.1 Å². The smallest absolute Gasteiger partial charge is 0.332 e. The Labute approximate surface area is 169 Å². The highest BCUT2D eigenvalue weighted by atomic mass is 79.9. The zero-order chi connectivity index (χ0) is 19.7. The van der Waals surface area contributed by atoms with E-state index in [0.717, 1.165) is 22.9 Å². The molecule has 1 aliphatic heterocycles. The highest BCUT2D eigenvalue weighted by Crippen LogP contribution is 2.24. The van der Waals surface area contributed by atoms with E-state index in [2.05, 4.69) is 20.9 Å². The first-order chi connectivity index (χ1) is 13.6. The average Bonchev–Trinajstić information content (AvgIpc) is 2.73. The largest absolute Gasteiger partial charge is 0.481 e. The lowest BCUT2D eigenvalue weighted by Gasteiger charge is -2.26. The lowest BCUT2D eigenvalue weighted by Crippen LogP contribution is -2.42. The summed E-state index contributed by atoms with van der Waals surface area (Å²) in [5.41, 5.74) is 0.810. The van der Waals surface area contributed by atoms with Crippen LogP contribution in [0, 0.1) is 0 Å². The van der Waals surface area contributed by atoms with Crippen molar-refractivity contribution in [1.29, 1.82) is 0 Å². The van der Waals surface area contributed by atoms with Crippen molar-refractivity contribution in [2.45, 2.75) is 25.4 Å². The lowest BCUT2D eigenvalue weighted by molar-refractivity contribution is 0.0691. The van der Waals surface area contributed by atoms with Crippen LogP contribution in [0.1, 0.15) is 24.4 Å². The van der Waals surface area contributed by atoms with Crippen molar-refractivity contribution in [3.8, 4) is 5.88 Å². The van der Waals surface area contributed by atoms with Gasteiger partial charge in [0.15, 0.2) is 0 Å². The molecule has 0 saturated carbocycles. The van der Waals surface area contributed by atoms with Crippen LogP contribution in [0.15, 0.2) is 50.6 Å². The van der Waals surface area contributed by atoms with Crippen molar-refractivity contribution in [3.63, 3.8) is 0 Å². The van der Waals surface area contributed by atoms with Gasteiger partial charge in [0, 0.05) is 36.0 Å². The van der Waals surface area contributed by atoms with E-state index in [4.69, 9.17) is 9.47 Å². The van der Waals surface area contributed by atoms with E-state index in [9.17, 15) is 9.59 Å². The highest BCUT2D eigenvalue weighted by molar-refractivity contribution is 9.10. The number of hydrogen-bond donors (Lipinski definition) is 0. The van der Waals surface area contributed by atoms with E-state index in [1.807, 2.05) is 18.2 Å². The van der Waals surface area contributed by atoms with Gasteiger partial charge in [0.05, 0.1) is 24.6 Å². The van der Waals surface area contributed by atoms with E-state index in [1.54, 1.807) is 30.0 Å². The van der Waals surface area contributed by atoms with Gasteiger partial charge in [0.2, 0.25) is 5.88 Å². The summed E-state index contributed by atoms with van der Waals surface area (Å²) in [6.07, 6.45) is 3.11. The zero-order valence-electron chi connectivity index (χ0n) is 15.4. The van der Waals surface area contributed by atoms with E-state index in [-0.39, 0.29) is 23.8 Å². The molecule has 4 rings (SSSR count). The molecule has 3 heterocycles. The molecule has 3 aromatic rings. The Kier molecular flexibility index (Phi) is 5.32. The number of pyridine rings is 1. The van der Waals surface area contributed by atoms with Gasteiger partial charge in [-0.2, -0.15) is 0 Å². The first-order valence-electron chi connectivity index (χ1n) is 9.10. The Morgan fingerprint density at radius 2 is 2.00 bits per heavy atom. The Morgan fingerprint density at radius 1 is 1.21 bits per heavy atom. The molecular formula is C20H20BrN3O4. The van der Waals surface area contributed by atoms with Crippen molar-refractivity contribution >= 4 is 26.8 Å². The summed E-state index contributed by atoms with van der Waals surface area (Å²) in [5, 5.41) is 0.516.